The Balaban J connectivity index is 1.15. The summed E-state index contributed by atoms with van der Waals surface area (Å²) < 4.78 is 0. The van der Waals surface area contributed by atoms with Crippen molar-refractivity contribution in [2.75, 3.05) is 19.6 Å². The number of hydrogen-bond donors (Lipinski definition) is 3. The van der Waals surface area contributed by atoms with Crippen LogP contribution in [0.15, 0.2) is 0 Å². The van der Waals surface area contributed by atoms with Gasteiger partial charge in [-0.2, -0.15) is 0 Å². The molecule has 3 aliphatic carbocycles. The summed E-state index contributed by atoms with van der Waals surface area (Å²) in [6.45, 7) is 1.71. The second-order valence-electron chi connectivity index (χ2n) is 8.58. The van der Waals surface area contributed by atoms with Crippen molar-refractivity contribution in [1.29, 1.82) is 0 Å². The highest BCUT2D eigenvalue weighted by atomic mass is 16.3. The number of nitrogens with one attached hydrogen (secondary N) is 2. The number of rotatable bonds is 5. The molecule has 1 saturated heterocycles. The lowest BCUT2D eigenvalue weighted by Gasteiger charge is -2.29. The normalized spacial score (nSPS) is 36.7. The first-order chi connectivity index (χ1) is 12.1. The third-order valence-corrected chi connectivity index (χ3v) is 7.03. The van der Waals surface area contributed by atoms with Gasteiger partial charge in [0.25, 0.3) is 0 Å². The summed E-state index contributed by atoms with van der Waals surface area (Å²) in [5.74, 6) is 2.13. The fourth-order valence-electron chi connectivity index (χ4n) is 5.85. The van der Waals surface area contributed by atoms with E-state index in [9.17, 15) is 14.7 Å². The van der Waals surface area contributed by atoms with E-state index in [0.29, 0.717) is 43.2 Å². The molecule has 0 unspecified atom stereocenters. The minimum absolute atomic E-state index is 0.0182. The van der Waals surface area contributed by atoms with Crippen LogP contribution in [-0.2, 0) is 4.79 Å². The highest BCUT2D eigenvalue weighted by Gasteiger charge is 2.59. The summed E-state index contributed by atoms with van der Waals surface area (Å²) in [6, 6.07) is -0.0646. The van der Waals surface area contributed by atoms with E-state index in [1.807, 2.05) is 4.90 Å². The molecule has 3 amide bonds. The molecule has 2 bridgehead atoms. The average molecular weight is 349 g/mol. The van der Waals surface area contributed by atoms with Crippen molar-refractivity contribution in [3.05, 3.63) is 0 Å². The first-order valence-electron chi connectivity index (χ1n) is 10.1. The molecular formula is C19H31N3O3. The number of carbonyl (C=O) groups is 2. The molecule has 4 aliphatic rings. The summed E-state index contributed by atoms with van der Waals surface area (Å²) in [7, 11) is 0. The number of aliphatic hydroxyl groups excluding tert-OH is 1. The molecule has 1 heterocycles. The maximum absolute atomic E-state index is 12.5. The third kappa shape index (κ3) is 3.37. The molecule has 6 heteroatoms. The molecule has 0 aromatic rings. The Bertz CT molecular complexity index is 518. The lowest BCUT2D eigenvalue weighted by Crippen LogP contribution is -2.49. The lowest BCUT2D eigenvalue weighted by atomic mass is 9.87. The van der Waals surface area contributed by atoms with E-state index >= 15 is 0 Å². The van der Waals surface area contributed by atoms with Crippen LogP contribution in [0.3, 0.4) is 0 Å². The zero-order valence-electron chi connectivity index (χ0n) is 15.0. The van der Waals surface area contributed by atoms with Gasteiger partial charge in [-0.05, 0) is 49.4 Å². The first-order valence-corrected chi connectivity index (χ1v) is 10.1. The molecule has 25 heavy (non-hydrogen) atoms. The number of fused-ring (bicyclic) bond motifs is 1. The van der Waals surface area contributed by atoms with Gasteiger partial charge in [0.15, 0.2) is 0 Å². The number of urea groups is 1. The fraction of sp³-hybridized carbons (Fsp3) is 0.895. The smallest absolute Gasteiger partial charge is 0.317 e. The van der Waals surface area contributed by atoms with Crippen molar-refractivity contribution in [3.63, 3.8) is 0 Å². The Hall–Kier alpha value is -1.30. The average Bonchev–Trinajstić information content (AvgIpc) is 3.22. The molecule has 4 rings (SSSR count). The van der Waals surface area contributed by atoms with E-state index in [1.165, 1.54) is 32.1 Å². The molecule has 1 aliphatic heterocycles. The second kappa shape index (κ2) is 7.14. The molecule has 0 aromatic carbocycles. The van der Waals surface area contributed by atoms with Crippen LogP contribution in [0.2, 0.25) is 0 Å². The van der Waals surface area contributed by atoms with Crippen molar-refractivity contribution in [2.24, 2.45) is 23.7 Å². The highest BCUT2D eigenvalue weighted by molar-refractivity contribution is 5.77. The predicted molar refractivity (Wildman–Crippen MR) is 93.8 cm³/mol. The molecule has 4 fully saturated rings. The van der Waals surface area contributed by atoms with Crippen molar-refractivity contribution >= 4 is 11.9 Å². The molecule has 0 aromatic heterocycles. The number of hydrogen-bond acceptors (Lipinski definition) is 3. The number of nitrogens with zero attached hydrogens (tertiary/aromatic N) is 1. The van der Waals surface area contributed by atoms with Crippen LogP contribution in [0, 0.1) is 23.7 Å². The van der Waals surface area contributed by atoms with Gasteiger partial charge in [-0.1, -0.05) is 19.3 Å². The summed E-state index contributed by atoms with van der Waals surface area (Å²) in [5.41, 5.74) is 0. The largest absolute Gasteiger partial charge is 0.391 e. The number of amides is 3. The topological polar surface area (TPSA) is 81.7 Å². The Morgan fingerprint density at radius 1 is 1.00 bits per heavy atom. The molecule has 140 valence electrons. The van der Waals surface area contributed by atoms with Gasteiger partial charge in [-0.15, -0.1) is 0 Å². The number of likely N-dealkylation sites (tertiary alicyclic amines) is 1. The number of aliphatic hydroxyl groups is 1. The quantitative estimate of drug-likeness (QED) is 0.658. The zero-order valence-corrected chi connectivity index (χ0v) is 15.0. The summed E-state index contributed by atoms with van der Waals surface area (Å²) in [5, 5.41) is 16.2. The van der Waals surface area contributed by atoms with E-state index in [4.69, 9.17) is 0 Å². The Labute approximate surface area is 149 Å². The second-order valence-corrected chi connectivity index (χ2v) is 8.58. The van der Waals surface area contributed by atoms with Gasteiger partial charge in [0, 0.05) is 26.1 Å². The van der Waals surface area contributed by atoms with Crippen LogP contribution in [-0.4, -0.2) is 53.7 Å². The molecule has 3 saturated carbocycles. The van der Waals surface area contributed by atoms with Crippen LogP contribution in [0.4, 0.5) is 4.79 Å². The van der Waals surface area contributed by atoms with Gasteiger partial charge in [0.2, 0.25) is 5.91 Å². The van der Waals surface area contributed by atoms with Crippen molar-refractivity contribution in [3.8, 4) is 0 Å². The van der Waals surface area contributed by atoms with Gasteiger partial charge >= 0.3 is 6.03 Å². The van der Waals surface area contributed by atoms with E-state index in [-0.39, 0.29) is 24.1 Å². The van der Waals surface area contributed by atoms with Gasteiger partial charge in [0.1, 0.15) is 0 Å². The minimum atomic E-state index is -0.343. The van der Waals surface area contributed by atoms with Gasteiger partial charge < -0.3 is 20.6 Å². The van der Waals surface area contributed by atoms with E-state index in [0.717, 1.165) is 19.4 Å². The van der Waals surface area contributed by atoms with Crippen LogP contribution >= 0.6 is 0 Å². The maximum Gasteiger partial charge on any atom is 0.317 e. The monoisotopic (exact) mass is 349 g/mol. The predicted octanol–water partition coefficient (Wildman–Crippen LogP) is 1.48. The van der Waals surface area contributed by atoms with Crippen molar-refractivity contribution in [2.45, 2.75) is 63.5 Å². The molecule has 6 nitrogen and oxygen atoms in total. The van der Waals surface area contributed by atoms with Crippen molar-refractivity contribution in [1.82, 2.24) is 15.5 Å². The highest BCUT2D eigenvalue weighted by Crippen LogP contribution is 2.54. The summed E-state index contributed by atoms with van der Waals surface area (Å²) in [4.78, 5) is 26.3. The van der Waals surface area contributed by atoms with Crippen molar-refractivity contribution < 1.29 is 14.7 Å². The molecule has 5 atom stereocenters. The Morgan fingerprint density at radius 3 is 2.52 bits per heavy atom. The first kappa shape index (κ1) is 17.1. The summed E-state index contributed by atoms with van der Waals surface area (Å²) >= 11 is 0. The molecule has 3 N–H and O–H groups in total. The minimum Gasteiger partial charge on any atom is -0.391 e. The van der Waals surface area contributed by atoms with Gasteiger partial charge in [-0.25, -0.2) is 4.79 Å². The number of carbonyl (C=O) groups excluding carboxylic acids is 2. The molecular weight excluding hydrogens is 318 g/mol. The Morgan fingerprint density at radius 2 is 1.76 bits per heavy atom. The lowest BCUT2D eigenvalue weighted by molar-refractivity contribution is -0.122. The zero-order chi connectivity index (χ0) is 17.4. The van der Waals surface area contributed by atoms with Crippen LogP contribution in [0.25, 0.3) is 0 Å². The fourth-order valence-corrected chi connectivity index (χ4v) is 5.85. The van der Waals surface area contributed by atoms with E-state index < -0.39 is 0 Å². The Kier molecular flexibility index (Phi) is 4.89. The van der Waals surface area contributed by atoms with Gasteiger partial charge in [0.05, 0.1) is 12.1 Å². The third-order valence-electron chi connectivity index (χ3n) is 7.03. The van der Waals surface area contributed by atoms with Gasteiger partial charge in [-0.3, -0.25) is 4.79 Å². The summed E-state index contributed by atoms with van der Waals surface area (Å²) in [6.07, 6.45) is 8.58. The maximum atomic E-state index is 12.5. The van der Waals surface area contributed by atoms with Crippen LogP contribution in [0.5, 0.6) is 0 Å². The van der Waals surface area contributed by atoms with Crippen LogP contribution < -0.4 is 10.6 Å². The van der Waals surface area contributed by atoms with Crippen LogP contribution in [0.1, 0.15) is 51.4 Å². The SMILES string of the molecule is O=C(CC1CCCCC1)NCCNC(=O)N1C[C@@H]2C[C@H]3C[C@H]2[C@@H]1[C@@H]3O. The van der Waals surface area contributed by atoms with E-state index in [2.05, 4.69) is 10.6 Å². The molecule has 0 radical (unpaired) electrons. The standard InChI is InChI=1S/C19H31N3O3/c23-16(8-12-4-2-1-3-5-12)20-6-7-21-19(25)22-11-14-9-13-10-15(14)17(22)18(13)24/h12-15,17-18,24H,1-11H2,(H,20,23)(H,21,25)/t13-,14-,15+,17+,18+/m0/s1. The van der Waals surface area contributed by atoms with E-state index in [1.54, 1.807) is 0 Å². The molecule has 0 spiro atoms.